The SMILES string of the molecule is CC(O)c1ncnn1C1CC2(COC2)C1. The molecule has 2 aliphatic rings. The zero-order valence-electron chi connectivity index (χ0n) is 8.76. The van der Waals surface area contributed by atoms with Crippen LogP contribution in [0.5, 0.6) is 0 Å². The molecule has 1 aliphatic carbocycles. The van der Waals surface area contributed by atoms with E-state index in [4.69, 9.17) is 4.74 Å². The van der Waals surface area contributed by atoms with Gasteiger partial charge in [0.15, 0.2) is 5.82 Å². The Morgan fingerprint density at radius 1 is 1.60 bits per heavy atom. The summed E-state index contributed by atoms with van der Waals surface area (Å²) in [5.41, 5.74) is 0.423. The third-order valence-electron chi connectivity index (χ3n) is 3.47. The molecule has 5 nitrogen and oxygen atoms in total. The predicted molar refractivity (Wildman–Crippen MR) is 52.2 cm³/mol. The largest absolute Gasteiger partial charge is 0.385 e. The number of nitrogens with zero attached hydrogens (tertiary/aromatic N) is 3. The molecule has 1 aliphatic heterocycles. The topological polar surface area (TPSA) is 60.2 Å². The Morgan fingerprint density at radius 3 is 2.87 bits per heavy atom. The van der Waals surface area contributed by atoms with E-state index in [1.165, 1.54) is 6.33 Å². The van der Waals surface area contributed by atoms with E-state index in [1.807, 2.05) is 4.68 Å². The van der Waals surface area contributed by atoms with Gasteiger partial charge in [0, 0.05) is 5.41 Å². The second-order valence-electron chi connectivity index (χ2n) is 4.79. The maximum atomic E-state index is 9.52. The molecule has 0 amide bonds. The van der Waals surface area contributed by atoms with Crippen molar-refractivity contribution in [3.05, 3.63) is 12.2 Å². The molecule has 1 atom stereocenters. The fourth-order valence-electron chi connectivity index (χ4n) is 2.58. The van der Waals surface area contributed by atoms with Gasteiger partial charge < -0.3 is 9.84 Å². The van der Waals surface area contributed by atoms with E-state index in [0.29, 0.717) is 17.3 Å². The lowest BCUT2D eigenvalue weighted by atomic mass is 9.64. The molecule has 1 saturated carbocycles. The standard InChI is InChI=1S/C10H15N3O2/c1-7(14)9-11-6-12-13(9)8-2-10(3-8)4-15-5-10/h6-8,14H,2-5H2,1H3. The van der Waals surface area contributed by atoms with Gasteiger partial charge in [0.2, 0.25) is 0 Å². The lowest BCUT2D eigenvalue weighted by Gasteiger charge is -2.53. The summed E-state index contributed by atoms with van der Waals surface area (Å²) in [5.74, 6) is 0.676. The summed E-state index contributed by atoms with van der Waals surface area (Å²) < 4.78 is 7.10. The van der Waals surface area contributed by atoms with Crippen LogP contribution in [0, 0.1) is 5.41 Å². The third-order valence-corrected chi connectivity index (χ3v) is 3.47. The normalized spacial score (nSPS) is 26.0. The third kappa shape index (κ3) is 1.30. The maximum absolute atomic E-state index is 9.52. The number of aliphatic hydroxyl groups excluding tert-OH is 1. The van der Waals surface area contributed by atoms with E-state index >= 15 is 0 Å². The molecule has 1 unspecified atom stereocenters. The van der Waals surface area contributed by atoms with Crippen molar-refractivity contribution in [2.45, 2.75) is 31.9 Å². The second-order valence-corrected chi connectivity index (χ2v) is 4.79. The van der Waals surface area contributed by atoms with Crippen molar-refractivity contribution in [3.8, 4) is 0 Å². The Labute approximate surface area is 88.1 Å². The van der Waals surface area contributed by atoms with Gasteiger partial charge in [0.05, 0.1) is 19.3 Å². The summed E-state index contributed by atoms with van der Waals surface area (Å²) in [6.07, 6.45) is 3.19. The molecule has 2 heterocycles. The van der Waals surface area contributed by atoms with Crippen LogP contribution in [-0.4, -0.2) is 33.1 Å². The number of hydrogen-bond donors (Lipinski definition) is 1. The van der Waals surface area contributed by atoms with Crippen LogP contribution in [-0.2, 0) is 4.74 Å². The lowest BCUT2D eigenvalue weighted by Crippen LogP contribution is -2.53. The fourth-order valence-corrected chi connectivity index (χ4v) is 2.58. The minimum absolute atomic E-state index is 0.404. The van der Waals surface area contributed by atoms with Crippen LogP contribution in [0.3, 0.4) is 0 Å². The van der Waals surface area contributed by atoms with Gasteiger partial charge in [-0.25, -0.2) is 9.67 Å². The molecule has 0 radical (unpaired) electrons. The first-order valence-electron chi connectivity index (χ1n) is 5.35. The van der Waals surface area contributed by atoms with Crippen LogP contribution >= 0.6 is 0 Å². The smallest absolute Gasteiger partial charge is 0.155 e. The molecule has 1 aromatic rings. The molecule has 1 saturated heterocycles. The molecule has 3 rings (SSSR count). The summed E-state index contributed by atoms with van der Waals surface area (Å²) in [5, 5.41) is 13.7. The minimum atomic E-state index is -0.540. The zero-order valence-corrected chi connectivity index (χ0v) is 8.76. The first kappa shape index (κ1) is 9.30. The predicted octanol–water partition coefficient (Wildman–Crippen LogP) is 0.683. The van der Waals surface area contributed by atoms with Crippen molar-refractivity contribution < 1.29 is 9.84 Å². The van der Waals surface area contributed by atoms with Crippen molar-refractivity contribution in [2.24, 2.45) is 5.41 Å². The van der Waals surface area contributed by atoms with Crippen molar-refractivity contribution in [2.75, 3.05) is 13.2 Å². The number of rotatable bonds is 2. The highest BCUT2D eigenvalue weighted by molar-refractivity contribution is 5.03. The summed E-state index contributed by atoms with van der Waals surface area (Å²) in [4.78, 5) is 4.08. The van der Waals surface area contributed by atoms with E-state index in [2.05, 4.69) is 10.1 Å². The highest BCUT2D eigenvalue weighted by atomic mass is 16.5. The fraction of sp³-hybridized carbons (Fsp3) is 0.800. The second kappa shape index (κ2) is 3.02. The molecule has 1 aromatic heterocycles. The monoisotopic (exact) mass is 209 g/mol. The first-order chi connectivity index (χ1) is 7.20. The van der Waals surface area contributed by atoms with E-state index in [9.17, 15) is 5.11 Å². The summed E-state index contributed by atoms with van der Waals surface area (Å²) in [6.45, 7) is 3.51. The average Bonchev–Trinajstić information content (AvgIpc) is 2.47. The Kier molecular flexibility index (Phi) is 1.87. The van der Waals surface area contributed by atoms with Crippen LogP contribution < -0.4 is 0 Å². The summed E-state index contributed by atoms with van der Waals surface area (Å²) in [7, 11) is 0. The van der Waals surface area contributed by atoms with Crippen LogP contribution in [0.2, 0.25) is 0 Å². The average molecular weight is 209 g/mol. The van der Waals surface area contributed by atoms with Gasteiger partial charge in [0.25, 0.3) is 0 Å². The highest BCUT2D eigenvalue weighted by Gasteiger charge is 2.51. The molecule has 15 heavy (non-hydrogen) atoms. The number of aromatic nitrogens is 3. The van der Waals surface area contributed by atoms with Gasteiger partial charge in [-0.3, -0.25) is 0 Å². The highest BCUT2D eigenvalue weighted by Crippen LogP contribution is 2.53. The summed E-state index contributed by atoms with van der Waals surface area (Å²) in [6, 6.07) is 0.404. The molecule has 1 spiro atoms. The lowest BCUT2D eigenvalue weighted by molar-refractivity contribution is -0.176. The van der Waals surface area contributed by atoms with Gasteiger partial charge in [0.1, 0.15) is 12.4 Å². The van der Waals surface area contributed by atoms with Gasteiger partial charge in [-0.15, -0.1) is 0 Å². The van der Waals surface area contributed by atoms with E-state index in [-0.39, 0.29) is 0 Å². The quantitative estimate of drug-likeness (QED) is 0.778. The van der Waals surface area contributed by atoms with E-state index < -0.39 is 6.10 Å². The van der Waals surface area contributed by atoms with E-state index in [0.717, 1.165) is 26.1 Å². The van der Waals surface area contributed by atoms with Crippen LogP contribution in [0.15, 0.2) is 6.33 Å². The first-order valence-corrected chi connectivity index (χ1v) is 5.35. The van der Waals surface area contributed by atoms with Gasteiger partial charge in [-0.2, -0.15) is 5.10 Å². The Balaban J connectivity index is 1.75. The molecule has 2 fully saturated rings. The van der Waals surface area contributed by atoms with Crippen LogP contribution in [0.4, 0.5) is 0 Å². The molecular weight excluding hydrogens is 194 g/mol. The van der Waals surface area contributed by atoms with Crippen LogP contribution in [0.25, 0.3) is 0 Å². The maximum Gasteiger partial charge on any atom is 0.155 e. The molecule has 0 bridgehead atoms. The molecule has 0 aromatic carbocycles. The van der Waals surface area contributed by atoms with Crippen molar-refractivity contribution in [1.29, 1.82) is 0 Å². The molecule has 1 N–H and O–H groups in total. The summed E-state index contributed by atoms with van der Waals surface area (Å²) >= 11 is 0. The number of hydrogen-bond acceptors (Lipinski definition) is 4. The van der Waals surface area contributed by atoms with E-state index in [1.54, 1.807) is 6.92 Å². The molecular formula is C10H15N3O2. The minimum Gasteiger partial charge on any atom is -0.385 e. The van der Waals surface area contributed by atoms with Gasteiger partial charge in [-0.05, 0) is 19.8 Å². The number of ether oxygens (including phenoxy) is 1. The van der Waals surface area contributed by atoms with Crippen molar-refractivity contribution in [3.63, 3.8) is 0 Å². The molecule has 5 heteroatoms. The Bertz CT molecular complexity index is 362. The Hall–Kier alpha value is -0.940. The van der Waals surface area contributed by atoms with Crippen molar-refractivity contribution >= 4 is 0 Å². The number of aliphatic hydroxyl groups is 1. The zero-order chi connectivity index (χ0) is 10.5. The molecule has 82 valence electrons. The van der Waals surface area contributed by atoms with Gasteiger partial charge >= 0.3 is 0 Å². The van der Waals surface area contributed by atoms with Crippen molar-refractivity contribution in [1.82, 2.24) is 14.8 Å². The van der Waals surface area contributed by atoms with Crippen LogP contribution in [0.1, 0.15) is 37.7 Å². The Morgan fingerprint density at radius 2 is 2.33 bits per heavy atom. The van der Waals surface area contributed by atoms with Gasteiger partial charge in [-0.1, -0.05) is 0 Å².